The molecule has 1 fully saturated rings. The Morgan fingerprint density at radius 1 is 1.17 bits per heavy atom. The number of anilines is 3. The Labute approximate surface area is 216 Å². The SMILES string of the molecule is C=C(F)C(=O)N1CC(CNc2cc(Cl)c(-c3cccc(O)c3)cc2Nc2c(C)cccc2C(C)C)C1. The van der Waals surface area contributed by atoms with E-state index < -0.39 is 11.7 Å². The predicted molar refractivity (Wildman–Crippen MR) is 146 cm³/mol. The summed E-state index contributed by atoms with van der Waals surface area (Å²) in [6, 6.07) is 17.1. The number of nitrogens with zero attached hydrogens (tertiary/aromatic N) is 1. The number of carbonyl (C=O) groups is 1. The van der Waals surface area contributed by atoms with Crippen LogP contribution >= 0.6 is 11.6 Å². The summed E-state index contributed by atoms with van der Waals surface area (Å²) >= 11 is 6.71. The highest BCUT2D eigenvalue weighted by Crippen LogP contribution is 2.40. The predicted octanol–water partition coefficient (Wildman–Crippen LogP) is 7.24. The summed E-state index contributed by atoms with van der Waals surface area (Å²) in [4.78, 5) is 13.2. The highest BCUT2D eigenvalue weighted by Gasteiger charge is 2.31. The second kappa shape index (κ2) is 10.6. The Bertz CT molecular complexity index is 1300. The number of aryl methyl sites for hydroxylation is 1. The lowest BCUT2D eigenvalue weighted by molar-refractivity contribution is -0.134. The molecule has 188 valence electrons. The van der Waals surface area contributed by atoms with Crippen molar-refractivity contribution in [3.8, 4) is 16.9 Å². The number of hydrogen-bond donors (Lipinski definition) is 3. The summed E-state index contributed by atoms with van der Waals surface area (Å²) < 4.78 is 13.1. The summed E-state index contributed by atoms with van der Waals surface area (Å²) in [5, 5.41) is 17.7. The Morgan fingerprint density at radius 2 is 1.89 bits per heavy atom. The van der Waals surface area contributed by atoms with Crippen LogP contribution < -0.4 is 10.6 Å². The molecule has 0 unspecified atom stereocenters. The summed E-state index contributed by atoms with van der Waals surface area (Å²) in [6.07, 6.45) is 0. The van der Waals surface area contributed by atoms with Gasteiger partial charge >= 0.3 is 0 Å². The summed E-state index contributed by atoms with van der Waals surface area (Å²) in [5.74, 6) is -0.892. The number of phenolic OH excluding ortho intramolecular Hbond substituents is 1. The van der Waals surface area contributed by atoms with Crippen LogP contribution in [-0.4, -0.2) is 35.5 Å². The van der Waals surface area contributed by atoms with E-state index in [0.29, 0.717) is 30.6 Å². The number of halogens is 2. The second-order valence-corrected chi connectivity index (χ2v) is 10.0. The van der Waals surface area contributed by atoms with Gasteiger partial charge in [0, 0.05) is 36.8 Å². The van der Waals surface area contributed by atoms with Crippen LogP contribution in [0.2, 0.25) is 5.02 Å². The van der Waals surface area contributed by atoms with E-state index >= 15 is 0 Å². The van der Waals surface area contributed by atoms with E-state index in [1.807, 2.05) is 18.2 Å². The van der Waals surface area contributed by atoms with Crippen molar-refractivity contribution < 1.29 is 14.3 Å². The number of phenols is 1. The molecule has 1 saturated heterocycles. The fraction of sp³-hybridized carbons (Fsp3) is 0.276. The molecule has 3 N–H and O–H groups in total. The van der Waals surface area contributed by atoms with Gasteiger partial charge in [0.1, 0.15) is 5.75 Å². The average molecular weight is 508 g/mol. The normalized spacial score (nSPS) is 13.4. The van der Waals surface area contributed by atoms with Crippen LogP contribution in [0.25, 0.3) is 11.1 Å². The van der Waals surface area contributed by atoms with Gasteiger partial charge in [-0.1, -0.05) is 62.4 Å². The number of carbonyl (C=O) groups excluding carboxylic acids is 1. The van der Waals surface area contributed by atoms with Crippen LogP contribution in [0.4, 0.5) is 21.5 Å². The molecule has 3 aromatic carbocycles. The molecule has 0 aliphatic carbocycles. The van der Waals surface area contributed by atoms with E-state index in [4.69, 9.17) is 11.6 Å². The first-order chi connectivity index (χ1) is 17.1. The lowest BCUT2D eigenvalue weighted by atomic mass is 9.97. The molecule has 1 amide bonds. The molecule has 1 heterocycles. The lowest BCUT2D eigenvalue weighted by Gasteiger charge is -2.39. The first kappa shape index (κ1) is 25.6. The standard InChI is InChI=1S/C29H31ClFN3O2/c1-17(2)23-10-5-7-18(3)28(23)33-27-12-24(21-8-6-9-22(35)11-21)25(30)13-26(27)32-14-20-15-34(16-20)29(36)19(4)31/h5-13,17,20,32-33,35H,4,14-16H2,1-3H3. The maximum atomic E-state index is 13.1. The molecule has 4 rings (SSSR count). The van der Waals surface area contributed by atoms with Gasteiger partial charge in [0.25, 0.3) is 5.91 Å². The maximum absolute atomic E-state index is 13.1. The van der Waals surface area contributed by atoms with E-state index in [-0.39, 0.29) is 11.7 Å². The van der Waals surface area contributed by atoms with Gasteiger partial charge in [-0.05, 0) is 53.8 Å². The largest absolute Gasteiger partial charge is 0.508 e. The molecular weight excluding hydrogens is 477 g/mol. The fourth-order valence-corrected chi connectivity index (χ4v) is 4.76. The zero-order valence-electron chi connectivity index (χ0n) is 20.7. The molecular formula is C29H31ClFN3O2. The topological polar surface area (TPSA) is 64.6 Å². The summed E-state index contributed by atoms with van der Waals surface area (Å²) in [5.41, 5.74) is 6.64. The number of rotatable bonds is 8. The van der Waals surface area contributed by atoms with Gasteiger partial charge in [-0.15, -0.1) is 0 Å². The summed E-state index contributed by atoms with van der Waals surface area (Å²) in [7, 11) is 0. The van der Waals surface area contributed by atoms with Crippen LogP contribution in [0.3, 0.4) is 0 Å². The Morgan fingerprint density at radius 3 is 2.56 bits per heavy atom. The van der Waals surface area contributed by atoms with Crippen LogP contribution in [0.15, 0.2) is 67.0 Å². The van der Waals surface area contributed by atoms with Crippen molar-refractivity contribution in [1.82, 2.24) is 4.90 Å². The maximum Gasteiger partial charge on any atom is 0.281 e. The van der Waals surface area contributed by atoms with E-state index in [2.05, 4.69) is 56.2 Å². The zero-order chi connectivity index (χ0) is 26.0. The molecule has 36 heavy (non-hydrogen) atoms. The first-order valence-corrected chi connectivity index (χ1v) is 12.4. The monoisotopic (exact) mass is 507 g/mol. The van der Waals surface area contributed by atoms with Crippen LogP contribution in [-0.2, 0) is 4.79 Å². The number of benzene rings is 3. The Balaban J connectivity index is 1.65. The van der Waals surface area contributed by atoms with E-state index in [1.165, 1.54) is 10.5 Å². The molecule has 3 aromatic rings. The molecule has 0 radical (unpaired) electrons. The quantitative estimate of drug-likeness (QED) is 0.281. The van der Waals surface area contributed by atoms with Gasteiger partial charge in [0.15, 0.2) is 5.83 Å². The van der Waals surface area contributed by atoms with Crippen molar-refractivity contribution in [2.24, 2.45) is 5.92 Å². The van der Waals surface area contributed by atoms with Gasteiger partial charge in [-0.2, -0.15) is 0 Å². The molecule has 0 bridgehead atoms. The van der Waals surface area contributed by atoms with Gasteiger partial charge < -0.3 is 20.6 Å². The van der Waals surface area contributed by atoms with Crippen molar-refractivity contribution in [2.75, 3.05) is 30.3 Å². The number of hydrogen-bond acceptors (Lipinski definition) is 4. The molecule has 7 heteroatoms. The molecule has 0 spiro atoms. The van der Waals surface area contributed by atoms with Crippen molar-refractivity contribution in [1.29, 1.82) is 0 Å². The zero-order valence-corrected chi connectivity index (χ0v) is 21.5. The molecule has 5 nitrogen and oxygen atoms in total. The molecule has 0 saturated carbocycles. The lowest BCUT2D eigenvalue weighted by Crippen LogP contribution is -2.52. The Kier molecular flexibility index (Phi) is 7.55. The minimum atomic E-state index is -0.929. The Hall–Kier alpha value is -3.51. The van der Waals surface area contributed by atoms with Crippen molar-refractivity contribution in [2.45, 2.75) is 26.7 Å². The van der Waals surface area contributed by atoms with Gasteiger partial charge in [-0.25, -0.2) is 4.39 Å². The number of likely N-dealkylation sites (tertiary alicyclic amines) is 1. The third-order valence-electron chi connectivity index (χ3n) is 6.51. The van der Waals surface area contributed by atoms with Gasteiger partial charge in [0.05, 0.1) is 16.4 Å². The van der Waals surface area contributed by atoms with Crippen molar-refractivity contribution in [3.05, 3.63) is 83.2 Å². The number of para-hydroxylation sites is 1. The van der Waals surface area contributed by atoms with Crippen LogP contribution in [0.1, 0.15) is 30.9 Å². The van der Waals surface area contributed by atoms with Gasteiger partial charge in [-0.3, -0.25) is 4.79 Å². The highest BCUT2D eigenvalue weighted by molar-refractivity contribution is 6.34. The first-order valence-electron chi connectivity index (χ1n) is 12.0. The average Bonchev–Trinajstić information content (AvgIpc) is 2.80. The molecule has 0 aromatic heterocycles. The second-order valence-electron chi connectivity index (χ2n) is 9.61. The van der Waals surface area contributed by atoms with Crippen LogP contribution in [0.5, 0.6) is 5.75 Å². The third kappa shape index (κ3) is 5.49. The minimum Gasteiger partial charge on any atom is -0.508 e. The molecule has 1 aliphatic rings. The van der Waals surface area contributed by atoms with Crippen molar-refractivity contribution in [3.63, 3.8) is 0 Å². The number of nitrogens with one attached hydrogen (secondary N) is 2. The minimum absolute atomic E-state index is 0.168. The van der Waals surface area contributed by atoms with Gasteiger partial charge in [0.2, 0.25) is 0 Å². The third-order valence-corrected chi connectivity index (χ3v) is 6.82. The summed E-state index contributed by atoms with van der Waals surface area (Å²) in [6.45, 7) is 11.0. The smallest absolute Gasteiger partial charge is 0.281 e. The number of amides is 1. The van der Waals surface area contributed by atoms with E-state index in [0.717, 1.165) is 33.8 Å². The van der Waals surface area contributed by atoms with Crippen molar-refractivity contribution >= 4 is 34.6 Å². The molecule has 1 aliphatic heterocycles. The fourth-order valence-electron chi connectivity index (χ4n) is 4.49. The van der Waals surface area contributed by atoms with Crippen LogP contribution in [0, 0.1) is 12.8 Å². The molecule has 0 atom stereocenters. The van der Waals surface area contributed by atoms with E-state index in [1.54, 1.807) is 18.2 Å². The highest BCUT2D eigenvalue weighted by atomic mass is 35.5. The number of aromatic hydroxyl groups is 1. The van der Waals surface area contributed by atoms with E-state index in [9.17, 15) is 14.3 Å².